The third kappa shape index (κ3) is 4.84. The molecule has 0 heterocycles. The Balaban J connectivity index is 1.64. The standard InChI is InChI=1S/C25H31F/c1-3-5-20-10-13-22(14-11-20)24-17-16-23(25(26)18-24)15-12-21-8-6-19(4-2)7-9-21/h6-9,12,15-18,20,22H,3-5,10-11,13-14H2,1-2H3/b15-12+. The van der Waals surface area contributed by atoms with Crippen LogP contribution in [0.4, 0.5) is 4.39 Å². The lowest BCUT2D eigenvalue weighted by atomic mass is 9.77. The van der Waals surface area contributed by atoms with Gasteiger partial charge in [0.1, 0.15) is 5.82 Å². The molecule has 0 aromatic heterocycles. The zero-order valence-electron chi connectivity index (χ0n) is 16.2. The van der Waals surface area contributed by atoms with Crippen LogP contribution in [-0.2, 0) is 6.42 Å². The molecule has 1 fully saturated rings. The van der Waals surface area contributed by atoms with Crippen molar-refractivity contribution in [2.45, 2.75) is 64.7 Å². The minimum absolute atomic E-state index is 0.0976. The predicted octanol–water partition coefficient (Wildman–Crippen LogP) is 7.63. The summed E-state index contributed by atoms with van der Waals surface area (Å²) >= 11 is 0. The van der Waals surface area contributed by atoms with Crippen molar-refractivity contribution in [3.8, 4) is 0 Å². The van der Waals surface area contributed by atoms with Crippen molar-refractivity contribution in [3.63, 3.8) is 0 Å². The Labute approximate surface area is 158 Å². The van der Waals surface area contributed by atoms with Gasteiger partial charge in [0.05, 0.1) is 0 Å². The molecular formula is C25H31F. The summed E-state index contributed by atoms with van der Waals surface area (Å²) in [6.45, 7) is 4.42. The van der Waals surface area contributed by atoms with Crippen molar-refractivity contribution in [2.24, 2.45) is 5.92 Å². The lowest BCUT2D eigenvalue weighted by Gasteiger charge is -2.28. The largest absolute Gasteiger partial charge is 0.206 e. The summed E-state index contributed by atoms with van der Waals surface area (Å²) in [6.07, 6.45) is 12.6. The van der Waals surface area contributed by atoms with Gasteiger partial charge in [-0.1, -0.05) is 75.2 Å². The van der Waals surface area contributed by atoms with E-state index in [0.717, 1.165) is 17.9 Å². The van der Waals surface area contributed by atoms with Gasteiger partial charge >= 0.3 is 0 Å². The van der Waals surface area contributed by atoms with E-state index in [1.54, 1.807) is 6.07 Å². The number of aryl methyl sites for hydroxylation is 1. The number of hydrogen-bond acceptors (Lipinski definition) is 0. The number of hydrogen-bond donors (Lipinski definition) is 0. The Hall–Kier alpha value is -1.89. The first-order valence-corrected chi connectivity index (χ1v) is 10.3. The zero-order valence-corrected chi connectivity index (χ0v) is 16.2. The molecule has 138 valence electrons. The van der Waals surface area contributed by atoms with Crippen LogP contribution in [0.25, 0.3) is 12.2 Å². The van der Waals surface area contributed by atoms with E-state index in [1.165, 1.54) is 49.7 Å². The van der Waals surface area contributed by atoms with Gasteiger partial charge in [0, 0.05) is 5.56 Å². The molecule has 0 unspecified atom stereocenters. The molecule has 2 aromatic carbocycles. The van der Waals surface area contributed by atoms with Crippen LogP contribution >= 0.6 is 0 Å². The Morgan fingerprint density at radius 2 is 1.65 bits per heavy atom. The van der Waals surface area contributed by atoms with Crippen molar-refractivity contribution < 1.29 is 4.39 Å². The molecule has 0 aliphatic heterocycles. The smallest absolute Gasteiger partial charge is 0.130 e. The number of halogens is 1. The van der Waals surface area contributed by atoms with Crippen LogP contribution in [0.2, 0.25) is 0 Å². The predicted molar refractivity (Wildman–Crippen MR) is 111 cm³/mol. The Bertz CT molecular complexity index is 718. The van der Waals surface area contributed by atoms with Crippen LogP contribution in [-0.4, -0.2) is 0 Å². The Kier molecular flexibility index (Phi) is 6.66. The molecule has 3 rings (SSSR count). The van der Waals surface area contributed by atoms with Crippen LogP contribution in [0.15, 0.2) is 42.5 Å². The molecule has 0 nitrogen and oxygen atoms in total. The highest BCUT2D eigenvalue weighted by molar-refractivity contribution is 5.70. The van der Waals surface area contributed by atoms with Crippen molar-refractivity contribution in [1.82, 2.24) is 0 Å². The summed E-state index contributed by atoms with van der Waals surface area (Å²) in [7, 11) is 0. The van der Waals surface area contributed by atoms with E-state index in [4.69, 9.17) is 0 Å². The Morgan fingerprint density at radius 3 is 2.27 bits per heavy atom. The van der Waals surface area contributed by atoms with E-state index in [-0.39, 0.29) is 5.82 Å². The second-order valence-corrected chi connectivity index (χ2v) is 7.72. The summed E-state index contributed by atoms with van der Waals surface area (Å²) in [5, 5.41) is 0. The fourth-order valence-electron chi connectivity index (χ4n) is 4.18. The summed E-state index contributed by atoms with van der Waals surface area (Å²) in [5.41, 5.74) is 4.29. The van der Waals surface area contributed by atoms with Gasteiger partial charge < -0.3 is 0 Å². The van der Waals surface area contributed by atoms with Gasteiger partial charge in [-0.15, -0.1) is 0 Å². The topological polar surface area (TPSA) is 0 Å². The SMILES string of the molecule is CCCC1CCC(c2ccc(/C=C/c3ccc(CC)cc3)c(F)c2)CC1. The first-order valence-electron chi connectivity index (χ1n) is 10.3. The first kappa shape index (κ1) is 18.9. The third-order valence-corrected chi connectivity index (χ3v) is 5.88. The van der Waals surface area contributed by atoms with Crippen LogP contribution in [0.1, 0.15) is 80.5 Å². The molecule has 0 spiro atoms. The molecule has 0 atom stereocenters. The van der Waals surface area contributed by atoms with Crippen molar-refractivity contribution in [3.05, 3.63) is 70.5 Å². The lowest BCUT2D eigenvalue weighted by Crippen LogP contribution is -2.13. The van der Waals surface area contributed by atoms with Crippen LogP contribution < -0.4 is 0 Å². The molecule has 1 saturated carbocycles. The normalized spacial score (nSPS) is 20.6. The monoisotopic (exact) mass is 350 g/mol. The van der Waals surface area contributed by atoms with E-state index in [0.29, 0.717) is 11.5 Å². The van der Waals surface area contributed by atoms with Crippen LogP contribution in [0, 0.1) is 11.7 Å². The summed E-state index contributed by atoms with van der Waals surface area (Å²) in [6, 6.07) is 14.3. The highest BCUT2D eigenvalue weighted by Gasteiger charge is 2.22. The van der Waals surface area contributed by atoms with Crippen molar-refractivity contribution in [2.75, 3.05) is 0 Å². The van der Waals surface area contributed by atoms with Gasteiger partial charge in [-0.3, -0.25) is 0 Å². The molecule has 1 aliphatic carbocycles. The van der Waals surface area contributed by atoms with Gasteiger partial charge in [0.2, 0.25) is 0 Å². The van der Waals surface area contributed by atoms with E-state index in [1.807, 2.05) is 18.2 Å². The molecule has 0 saturated heterocycles. The van der Waals surface area contributed by atoms with E-state index in [9.17, 15) is 4.39 Å². The zero-order chi connectivity index (χ0) is 18.4. The molecule has 1 aliphatic rings. The van der Waals surface area contributed by atoms with E-state index < -0.39 is 0 Å². The molecule has 0 radical (unpaired) electrons. The second-order valence-electron chi connectivity index (χ2n) is 7.72. The quantitative estimate of drug-likeness (QED) is 0.470. The summed E-state index contributed by atoms with van der Waals surface area (Å²) in [5.74, 6) is 1.33. The van der Waals surface area contributed by atoms with Gasteiger partial charge in [0.25, 0.3) is 0 Å². The molecule has 1 heteroatoms. The van der Waals surface area contributed by atoms with E-state index in [2.05, 4.69) is 44.2 Å². The van der Waals surface area contributed by atoms with Crippen molar-refractivity contribution in [1.29, 1.82) is 0 Å². The van der Waals surface area contributed by atoms with Gasteiger partial charge in [-0.25, -0.2) is 4.39 Å². The molecule has 0 amide bonds. The number of benzene rings is 2. The average Bonchev–Trinajstić information content (AvgIpc) is 2.68. The molecular weight excluding hydrogens is 319 g/mol. The lowest BCUT2D eigenvalue weighted by molar-refractivity contribution is 0.308. The number of rotatable bonds is 6. The maximum atomic E-state index is 14.6. The van der Waals surface area contributed by atoms with Gasteiger partial charge in [-0.2, -0.15) is 0 Å². The molecule has 2 aromatic rings. The van der Waals surface area contributed by atoms with Crippen molar-refractivity contribution >= 4 is 12.2 Å². The van der Waals surface area contributed by atoms with Crippen LogP contribution in [0.5, 0.6) is 0 Å². The first-order chi connectivity index (χ1) is 12.7. The third-order valence-electron chi connectivity index (χ3n) is 5.88. The highest BCUT2D eigenvalue weighted by Crippen LogP contribution is 2.37. The van der Waals surface area contributed by atoms with Gasteiger partial charge in [0.15, 0.2) is 0 Å². The minimum atomic E-state index is -0.0976. The van der Waals surface area contributed by atoms with Crippen LogP contribution in [0.3, 0.4) is 0 Å². The molecule has 26 heavy (non-hydrogen) atoms. The minimum Gasteiger partial charge on any atom is -0.206 e. The summed E-state index contributed by atoms with van der Waals surface area (Å²) in [4.78, 5) is 0. The fourth-order valence-corrected chi connectivity index (χ4v) is 4.18. The fraction of sp³-hybridized carbons (Fsp3) is 0.440. The van der Waals surface area contributed by atoms with Gasteiger partial charge in [-0.05, 0) is 66.7 Å². The second kappa shape index (κ2) is 9.16. The Morgan fingerprint density at radius 1 is 0.923 bits per heavy atom. The molecule has 0 bridgehead atoms. The summed E-state index contributed by atoms with van der Waals surface area (Å²) < 4.78 is 14.6. The maximum Gasteiger partial charge on any atom is 0.130 e. The highest BCUT2D eigenvalue weighted by atomic mass is 19.1. The maximum absolute atomic E-state index is 14.6. The molecule has 0 N–H and O–H groups in total. The average molecular weight is 351 g/mol. The van der Waals surface area contributed by atoms with E-state index >= 15 is 0 Å².